The molecule has 0 unspecified atom stereocenters. The minimum atomic E-state index is -0.288. The number of rotatable bonds is 9. The molecule has 2 aliphatic rings. The van der Waals surface area contributed by atoms with E-state index in [4.69, 9.17) is 14.6 Å². The first-order valence-corrected chi connectivity index (χ1v) is 10.0. The summed E-state index contributed by atoms with van der Waals surface area (Å²) < 4.78 is 10.6. The number of benzene rings is 1. The molecule has 8 nitrogen and oxygen atoms in total. The molecule has 8 heteroatoms. The van der Waals surface area contributed by atoms with Gasteiger partial charge in [-0.2, -0.15) is 0 Å². The van der Waals surface area contributed by atoms with Gasteiger partial charge in [-0.05, 0) is 24.6 Å². The van der Waals surface area contributed by atoms with E-state index < -0.39 is 0 Å². The molecule has 0 aromatic heterocycles. The van der Waals surface area contributed by atoms with Crippen molar-refractivity contribution >= 4 is 17.4 Å². The van der Waals surface area contributed by atoms with Crippen molar-refractivity contribution in [1.82, 2.24) is 14.7 Å². The van der Waals surface area contributed by atoms with E-state index in [0.29, 0.717) is 49.7 Å². The van der Waals surface area contributed by atoms with Gasteiger partial charge >= 0.3 is 0 Å². The number of imide groups is 1. The summed E-state index contributed by atoms with van der Waals surface area (Å²) in [5.74, 6) is 0.166. The van der Waals surface area contributed by atoms with Crippen molar-refractivity contribution in [1.29, 1.82) is 0 Å². The number of hydrogen-bond donors (Lipinski definition) is 1. The van der Waals surface area contributed by atoms with Crippen LogP contribution in [-0.4, -0.2) is 97.8 Å². The number of carbonyl (C=O) groups is 2. The predicted octanol–water partition coefficient (Wildman–Crippen LogP) is 0.422. The van der Waals surface area contributed by atoms with Crippen LogP contribution < -0.4 is 4.74 Å². The van der Waals surface area contributed by atoms with Crippen molar-refractivity contribution in [2.24, 2.45) is 0 Å². The molecular formula is C21H29N3O5. The van der Waals surface area contributed by atoms with Crippen LogP contribution >= 0.6 is 0 Å². The van der Waals surface area contributed by atoms with Crippen molar-refractivity contribution in [2.45, 2.75) is 6.92 Å². The molecule has 3 rings (SSSR count). The highest BCUT2D eigenvalue weighted by Gasteiger charge is 2.41. The minimum Gasteiger partial charge on any atom is -0.494 e. The summed E-state index contributed by atoms with van der Waals surface area (Å²) in [7, 11) is 1.55. The molecule has 0 bridgehead atoms. The maximum Gasteiger partial charge on any atom is 0.277 e. The Hall–Kier alpha value is -2.42. The Morgan fingerprint density at radius 2 is 1.69 bits per heavy atom. The highest BCUT2D eigenvalue weighted by atomic mass is 16.5. The van der Waals surface area contributed by atoms with Gasteiger partial charge in [-0.25, -0.2) is 0 Å². The lowest BCUT2D eigenvalue weighted by Crippen LogP contribution is -2.48. The van der Waals surface area contributed by atoms with Crippen molar-refractivity contribution in [3.8, 4) is 5.75 Å². The van der Waals surface area contributed by atoms with Gasteiger partial charge in [-0.1, -0.05) is 12.1 Å². The van der Waals surface area contributed by atoms with Crippen molar-refractivity contribution in [2.75, 3.05) is 66.2 Å². The number of aliphatic hydroxyl groups excluding tert-OH is 1. The predicted molar refractivity (Wildman–Crippen MR) is 108 cm³/mol. The average molecular weight is 403 g/mol. The fraction of sp³-hybridized carbons (Fsp3) is 0.524. The summed E-state index contributed by atoms with van der Waals surface area (Å²) in [6, 6.07) is 7.29. The quantitative estimate of drug-likeness (QED) is 0.599. The molecule has 1 saturated heterocycles. The van der Waals surface area contributed by atoms with Gasteiger partial charge in [-0.15, -0.1) is 0 Å². The first kappa shape index (κ1) is 21.3. The van der Waals surface area contributed by atoms with Crippen LogP contribution in [0.15, 0.2) is 30.0 Å². The van der Waals surface area contributed by atoms with Crippen LogP contribution in [0.4, 0.5) is 0 Å². The van der Waals surface area contributed by atoms with Gasteiger partial charge in [0.05, 0.1) is 31.9 Å². The second-order valence-electron chi connectivity index (χ2n) is 6.99. The molecule has 0 saturated carbocycles. The molecule has 0 radical (unpaired) electrons. The Morgan fingerprint density at radius 3 is 2.28 bits per heavy atom. The number of β-amino-alcohol motifs (C(OH)–C–C–N with tert-alkyl or cyclic N) is 1. The summed E-state index contributed by atoms with van der Waals surface area (Å²) in [6.07, 6.45) is 0. The molecule has 1 aromatic carbocycles. The second kappa shape index (κ2) is 9.87. The maximum atomic E-state index is 13.2. The molecule has 1 N–H and O–H groups in total. The van der Waals surface area contributed by atoms with Gasteiger partial charge in [-0.3, -0.25) is 19.4 Å². The Morgan fingerprint density at radius 1 is 1.00 bits per heavy atom. The van der Waals surface area contributed by atoms with Crippen molar-refractivity contribution in [3.63, 3.8) is 0 Å². The third-order valence-corrected chi connectivity index (χ3v) is 5.22. The Kier molecular flexibility index (Phi) is 7.24. The fourth-order valence-electron chi connectivity index (χ4n) is 3.72. The minimum absolute atomic E-state index is 0.113. The van der Waals surface area contributed by atoms with E-state index in [0.717, 1.165) is 18.8 Å². The zero-order chi connectivity index (χ0) is 20.8. The highest BCUT2D eigenvalue weighted by Crippen LogP contribution is 2.32. The molecule has 1 fully saturated rings. The van der Waals surface area contributed by atoms with E-state index in [1.54, 1.807) is 7.11 Å². The number of amides is 2. The number of methoxy groups -OCH3 is 1. The third kappa shape index (κ3) is 4.60. The van der Waals surface area contributed by atoms with Gasteiger partial charge in [0.1, 0.15) is 11.4 Å². The number of nitrogens with zero attached hydrogens (tertiary/aromatic N) is 3. The second-order valence-corrected chi connectivity index (χ2v) is 6.99. The number of piperazine rings is 1. The van der Waals surface area contributed by atoms with Crippen LogP contribution in [0.1, 0.15) is 12.5 Å². The molecule has 1 aromatic rings. The van der Waals surface area contributed by atoms with Crippen LogP contribution in [-0.2, 0) is 14.3 Å². The van der Waals surface area contributed by atoms with Crippen LogP contribution in [0.3, 0.4) is 0 Å². The lowest BCUT2D eigenvalue weighted by molar-refractivity contribution is -0.138. The maximum absolute atomic E-state index is 13.2. The third-order valence-electron chi connectivity index (χ3n) is 5.22. The summed E-state index contributed by atoms with van der Waals surface area (Å²) in [5.41, 5.74) is 1.60. The van der Waals surface area contributed by atoms with E-state index in [2.05, 4.69) is 4.90 Å². The SMILES string of the molecule is CCOc1ccc(C2=C(N3CCN(CCO)CC3)C(=O)N(CCOC)C2=O)cc1. The Bertz CT molecular complexity index is 754. The molecule has 0 aliphatic carbocycles. The first-order valence-electron chi connectivity index (χ1n) is 10.0. The fourth-order valence-corrected chi connectivity index (χ4v) is 3.72. The highest BCUT2D eigenvalue weighted by molar-refractivity contribution is 6.35. The molecular weight excluding hydrogens is 374 g/mol. The Balaban J connectivity index is 1.91. The van der Waals surface area contributed by atoms with Gasteiger partial charge in [0.25, 0.3) is 11.8 Å². The topological polar surface area (TPSA) is 82.6 Å². The summed E-state index contributed by atoms with van der Waals surface area (Å²) in [5, 5.41) is 9.15. The van der Waals surface area contributed by atoms with E-state index in [1.165, 1.54) is 4.90 Å². The molecule has 158 valence electrons. The lowest BCUT2D eigenvalue weighted by atomic mass is 10.0. The molecule has 2 aliphatic heterocycles. The van der Waals surface area contributed by atoms with Crippen LogP contribution in [0.25, 0.3) is 5.57 Å². The standard InChI is InChI=1S/C21H29N3O5/c1-3-29-17-6-4-16(5-7-17)18-19(21(27)24(20(18)26)13-15-28-2)23-10-8-22(9-11-23)12-14-25/h4-7,25H,3,8-15H2,1-2H3. The zero-order valence-corrected chi connectivity index (χ0v) is 17.1. The van der Waals surface area contributed by atoms with E-state index in [9.17, 15) is 9.59 Å². The van der Waals surface area contributed by atoms with E-state index in [-0.39, 0.29) is 25.0 Å². The van der Waals surface area contributed by atoms with E-state index in [1.807, 2.05) is 36.1 Å². The summed E-state index contributed by atoms with van der Waals surface area (Å²) in [4.78, 5) is 31.7. The molecule has 0 spiro atoms. The number of hydrogen-bond acceptors (Lipinski definition) is 7. The normalized spacial score (nSPS) is 18.2. The smallest absolute Gasteiger partial charge is 0.277 e. The monoisotopic (exact) mass is 403 g/mol. The largest absolute Gasteiger partial charge is 0.494 e. The molecule has 0 atom stereocenters. The van der Waals surface area contributed by atoms with Crippen LogP contribution in [0, 0.1) is 0 Å². The first-order chi connectivity index (χ1) is 14.1. The van der Waals surface area contributed by atoms with E-state index >= 15 is 0 Å². The molecule has 29 heavy (non-hydrogen) atoms. The van der Waals surface area contributed by atoms with Gasteiger partial charge in [0, 0.05) is 39.8 Å². The number of ether oxygens (including phenoxy) is 2. The lowest BCUT2D eigenvalue weighted by Gasteiger charge is -2.36. The van der Waals surface area contributed by atoms with Crippen molar-refractivity contribution in [3.05, 3.63) is 35.5 Å². The van der Waals surface area contributed by atoms with Crippen LogP contribution in [0.5, 0.6) is 5.75 Å². The molecule has 2 amide bonds. The average Bonchev–Trinajstić information content (AvgIpc) is 2.98. The van der Waals surface area contributed by atoms with Crippen molar-refractivity contribution < 1.29 is 24.2 Å². The zero-order valence-electron chi connectivity index (χ0n) is 17.1. The summed E-state index contributed by atoms with van der Waals surface area (Å²) in [6.45, 7) is 6.47. The number of carbonyl (C=O) groups excluding carboxylic acids is 2. The van der Waals surface area contributed by atoms with Gasteiger partial charge in [0.2, 0.25) is 0 Å². The van der Waals surface area contributed by atoms with Gasteiger partial charge in [0.15, 0.2) is 0 Å². The van der Waals surface area contributed by atoms with Gasteiger partial charge < -0.3 is 19.5 Å². The molecule has 2 heterocycles. The summed E-state index contributed by atoms with van der Waals surface area (Å²) >= 11 is 0. The van der Waals surface area contributed by atoms with Crippen LogP contribution in [0.2, 0.25) is 0 Å². The Labute approximate surface area is 171 Å². The number of aliphatic hydroxyl groups is 1.